The zero-order valence-corrected chi connectivity index (χ0v) is 10.8. The van der Waals surface area contributed by atoms with Gasteiger partial charge in [0.05, 0.1) is 0 Å². The molecule has 0 aliphatic carbocycles. The third kappa shape index (κ3) is 2.72. The number of carbonyl (C=O) groups is 1. The molecule has 1 N–H and O–H groups in total. The smallest absolute Gasteiger partial charge is 0.331 e. The Hall–Kier alpha value is -2.55. The van der Waals surface area contributed by atoms with Crippen molar-refractivity contribution in [2.45, 2.75) is 18.8 Å². The summed E-state index contributed by atoms with van der Waals surface area (Å²) in [7, 11) is 1.43. The number of rotatable bonds is 6. The molecule has 0 fully saturated rings. The maximum atomic E-state index is 11.7. The summed E-state index contributed by atoms with van der Waals surface area (Å²) in [5, 5.41) is 24.8. The molecule has 0 radical (unpaired) electrons. The van der Waals surface area contributed by atoms with Gasteiger partial charge in [-0.05, 0) is 26.1 Å². The van der Waals surface area contributed by atoms with Crippen molar-refractivity contribution >= 4 is 5.97 Å². The van der Waals surface area contributed by atoms with Crippen LogP contribution in [-0.4, -0.2) is 28.9 Å². The molecule has 0 amide bonds. The van der Waals surface area contributed by atoms with Gasteiger partial charge in [-0.1, -0.05) is 18.2 Å². The molecule has 1 aromatic carbocycles. The van der Waals surface area contributed by atoms with Gasteiger partial charge in [0.1, 0.15) is 15.9 Å². The Balaban J connectivity index is 3.31. The molecule has 0 spiro atoms. The summed E-state index contributed by atoms with van der Waals surface area (Å²) in [6, 6.07) is 5.69. The van der Waals surface area contributed by atoms with E-state index in [2.05, 4.69) is 10.1 Å². The molecule has 0 saturated heterocycles. The average Bonchev–Trinajstić information content (AvgIpc) is 2.43. The van der Waals surface area contributed by atoms with Crippen LogP contribution in [0.25, 0.3) is 0 Å². The summed E-state index contributed by atoms with van der Waals surface area (Å²) >= 11 is 0. The van der Waals surface area contributed by atoms with Gasteiger partial charge in [0.2, 0.25) is 0 Å². The molecule has 1 rings (SSSR count). The van der Waals surface area contributed by atoms with E-state index in [4.69, 9.17) is 0 Å². The molecule has 1 atom stereocenters. The Morgan fingerprint density at radius 3 is 2.15 bits per heavy atom. The first-order valence-corrected chi connectivity index (χ1v) is 5.61. The Labute approximate surface area is 113 Å². The van der Waals surface area contributed by atoms with Crippen molar-refractivity contribution in [3.05, 3.63) is 56.1 Å². The molecular weight excluding hydrogens is 270 g/mol. The monoisotopic (exact) mass is 283 g/mol. The lowest BCUT2D eigenvalue weighted by atomic mass is 10.1. The molecule has 0 aliphatic heterocycles. The Morgan fingerprint density at radius 1 is 1.25 bits per heavy atom. The van der Waals surface area contributed by atoms with E-state index in [1.165, 1.54) is 32.2 Å². The highest BCUT2D eigenvalue weighted by Crippen LogP contribution is 2.27. The number of ether oxygens (including phenoxy) is 1. The maximum Gasteiger partial charge on any atom is 0.651 e. The zero-order chi connectivity index (χ0) is 15.3. The van der Waals surface area contributed by atoms with Crippen LogP contribution in [0.15, 0.2) is 30.3 Å². The first kappa shape index (κ1) is 15.5. The maximum absolute atomic E-state index is 11.7. The standard InChI is InChI=1S/C11H13N3O6/c1-8(12-2)10(15)20-11(13(16)17,14(18)19)9-6-4-3-5-7-9/h3-8,12H,1-2H3/t8-/m0/s1. The van der Waals surface area contributed by atoms with Crippen LogP contribution < -0.4 is 5.32 Å². The van der Waals surface area contributed by atoms with Crippen molar-refractivity contribution in [1.82, 2.24) is 5.32 Å². The van der Waals surface area contributed by atoms with Crippen LogP contribution in [0, 0.1) is 20.2 Å². The predicted molar refractivity (Wildman–Crippen MR) is 66.7 cm³/mol. The van der Waals surface area contributed by atoms with Gasteiger partial charge >= 0.3 is 11.8 Å². The van der Waals surface area contributed by atoms with Crippen molar-refractivity contribution in [3.8, 4) is 0 Å². The molecular formula is C11H13N3O6. The quantitative estimate of drug-likeness (QED) is 0.349. The van der Waals surface area contributed by atoms with Gasteiger partial charge < -0.3 is 10.1 Å². The molecule has 0 aliphatic rings. The van der Waals surface area contributed by atoms with Crippen LogP contribution in [0.5, 0.6) is 0 Å². The fraction of sp³-hybridized carbons (Fsp3) is 0.364. The van der Waals surface area contributed by atoms with Gasteiger partial charge in [0, 0.05) is 0 Å². The number of carbonyl (C=O) groups excluding carboxylic acids is 1. The van der Waals surface area contributed by atoms with E-state index in [0.29, 0.717) is 0 Å². The van der Waals surface area contributed by atoms with E-state index in [1.54, 1.807) is 0 Å². The second kappa shape index (κ2) is 6.06. The summed E-state index contributed by atoms with van der Waals surface area (Å²) in [4.78, 5) is 31.6. The largest absolute Gasteiger partial charge is 0.651 e. The van der Waals surface area contributed by atoms with E-state index < -0.39 is 27.7 Å². The number of hydrogen-bond acceptors (Lipinski definition) is 7. The van der Waals surface area contributed by atoms with E-state index in [-0.39, 0.29) is 5.56 Å². The van der Waals surface area contributed by atoms with Crippen LogP contribution in [0.1, 0.15) is 12.5 Å². The summed E-state index contributed by atoms with van der Waals surface area (Å²) in [6.07, 6.45) is 0. The molecule has 108 valence electrons. The summed E-state index contributed by atoms with van der Waals surface area (Å²) in [6.45, 7) is 1.37. The lowest BCUT2D eigenvalue weighted by Gasteiger charge is -2.18. The lowest BCUT2D eigenvalue weighted by molar-refractivity contribution is -0.858. The minimum Gasteiger partial charge on any atom is -0.331 e. The summed E-state index contributed by atoms with van der Waals surface area (Å²) in [5.74, 6) is -4.24. The molecule has 9 nitrogen and oxygen atoms in total. The van der Waals surface area contributed by atoms with Gasteiger partial charge in [-0.2, -0.15) is 0 Å². The third-order valence-electron chi connectivity index (χ3n) is 2.67. The van der Waals surface area contributed by atoms with Gasteiger partial charge in [-0.25, -0.2) is 4.79 Å². The highest BCUT2D eigenvalue weighted by molar-refractivity contribution is 5.75. The molecule has 9 heteroatoms. The highest BCUT2D eigenvalue weighted by Gasteiger charge is 2.63. The van der Waals surface area contributed by atoms with E-state index >= 15 is 0 Å². The molecule has 1 aromatic rings. The van der Waals surface area contributed by atoms with Crippen molar-refractivity contribution in [2.75, 3.05) is 7.05 Å². The molecule has 0 aromatic heterocycles. The Bertz CT molecular complexity index is 504. The highest BCUT2D eigenvalue weighted by atomic mass is 16.8. The summed E-state index contributed by atoms with van der Waals surface area (Å²) < 4.78 is 4.60. The number of nitrogens with zero attached hydrogens (tertiary/aromatic N) is 2. The second-order valence-corrected chi connectivity index (χ2v) is 3.92. The summed E-state index contributed by atoms with van der Waals surface area (Å²) in [5.41, 5.74) is -0.341. The Morgan fingerprint density at radius 2 is 1.75 bits per heavy atom. The fourth-order valence-corrected chi connectivity index (χ4v) is 1.41. The number of hydrogen-bond donors (Lipinski definition) is 1. The van der Waals surface area contributed by atoms with E-state index in [0.717, 1.165) is 12.1 Å². The van der Waals surface area contributed by atoms with Crippen molar-refractivity contribution in [3.63, 3.8) is 0 Å². The number of benzene rings is 1. The van der Waals surface area contributed by atoms with E-state index in [9.17, 15) is 25.0 Å². The second-order valence-electron chi connectivity index (χ2n) is 3.92. The van der Waals surface area contributed by atoms with Crippen LogP contribution in [-0.2, 0) is 15.4 Å². The first-order valence-electron chi connectivity index (χ1n) is 5.61. The normalized spacial score (nSPS) is 12.5. The van der Waals surface area contributed by atoms with Crippen LogP contribution in [0.3, 0.4) is 0 Å². The zero-order valence-electron chi connectivity index (χ0n) is 10.8. The van der Waals surface area contributed by atoms with Crippen LogP contribution in [0.4, 0.5) is 0 Å². The minimum atomic E-state index is -3.15. The predicted octanol–water partition coefficient (Wildman–Crippen LogP) is 0.501. The molecule has 0 unspecified atom stereocenters. The molecule has 0 heterocycles. The molecule has 0 saturated carbocycles. The Kier molecular flexibility index (Phi) is 4.70. The van der Waals surface area contributed by atoms with Crippen molar-refractivity contribution in [2.24, 2.45) is 0 Å². The van der Waals surface area contributed by atoms with Gasteiger partial charge in [0.25, 0.3) is 0 Å². The average molecular weight is 283 g/mol. The van der Waals surface area contributed by atoms with Gasteiger partial charge in [0.15, 0.2) is 5.56 Å². The van der Waals surface area contributed by atoms with Crippen molar-refractivity contribution < 1.29 is 19.4 Å². The van der Waals surface area contributed by atoms with Crippen LogP contribution in [0.2, 0.25) is 0 Å². The lowest BCUT2D eigenvalue weighted by Crippen LogP contribution is -2.50. The number of likely N-dealkylation sites (N-methyl/N-ethyl adjacent to an activating group) is 1. The number of nitrogens with one attached hydrogen (secondary N) is 1. The topological polar surface area (TPSA) is 125 Å². The number of nitro groups is 2. The molecule has 20 heavy (non-hydrogen) atoms. The van der Waals surface area contributed by atoms with Crippen LogP contribution >= 0.6 is 0 Å². The fourth-order valence-electron chi connectivity index (χ4n) is 1.41. The van der Waals surface area contributed by atoms with Gasteiger partial charge in [-0.15, -0.1) is 0 Å². The SMILES string of the molecule is CN[C@@H](C)C(=O)OC(c1ccccc1)([N+](=O)[O-])[N+](=O)[O-]. The third-order valence-corrected chi connectivity index (χ3v) is 2.67. The van der Waals surface area contributed by atoms with E-state index in [1.807, 2.05) is 0 Å². The molecule has 0 bridgehead atoms. The van der Waals surface area contributed by atoms with Gasteiger partial charge in [-0.3, -0.25) is 20.2 Å². The number of esters is 1. The minimum absolute atomic E-state index is 0.341. The first-order chi connectivity index (χ1) is 9.36. The van der Waals surface area contributed by atoms with Crippen molar-refractivity contribution in [1.29, 1.82) is 0 Å².